The maximum atomic E-state index is 12.0. The molecular weight excluding hydrogens is 234 g/mol. The van der Waals surface area contributed by atoms with Crippen molar-refractivity contribution in [3.63, 3.8) is 0 Å². The average molecular weight is 249 g/mol. The zero-order chi connectivity index (χ0) is 13.1. The lowest BCUT2D eigenvalue weighted by atomic mass is 10.1. The van der Waals surface area contributed by atoms with E-state index in [0.717, 1.165) is 0 Å². The fourth-order valence-electron chi connectivity index (χ4n) is 1.80. The van der Waals surface area contributed by atoms with Crippen LogP contribution in [0.2, 0.25) is 0 Å². The van der Waals surface area contributed by atoms with Crippen LogP contribution < -0.4 is 0 Å². The first-order chi connectivity index (χ1) is 8.65. The standard InChI is InChI=1S/C13H15NO4/c1-17-11-7-14(8-11)12(15)9-3-5-10(6-4-9)13(16)18-2/h3-6,11H,7-8H2,1-2H3. The van der Waals surface area contributed by atoms with Crippen molar-refractivity contribution in [3.8, 4) is 0 Å². The Bertz CT molecular complexity index is 449. The monoisotopic (exact) mass is 249 g/mol. The molecule has 1 aliphatic rings. The molecule has 0 bridgehead atoms. The van der Waals surface area contributed by atoms with Gasteiger partial charge in [0.2, 0.25) is 0 Å². The minimum absolute atomic E-state index is 0.0419. The van der Waals surface area contributed by atoms with E-state index < -0.39 is 5.97 Å². The molecule has 0 spiro atoms. The Hall–Kier alpha value is -1.88. The summed E-state index contributed by atoms with van der Waals surface area (Å²) in [6.07, 6.45) is 0.142. The largest absolute Gasteiger partial charge is 0.465 e. The predicted octanol–water partition coefficient (Wildman–Crippen LogP) is 0.944. The van der Waals surface area contributed by atoms with E-state index in [4.69, 9.17) is 4.74 Å². The highest BCUT2D eigenvalue weighted by atomic mass is 16.5. The number of methoxy groups -OCH3 is 2. The van der Waals surface area contributed by atoms with Gasteiger partial charge in [-0.05, 0) is 24.3 Å². The second-order valence-corrected chi connectivity index (χ2v) is 4.14. The van der Waals surface area contributed by atoms with Gasteiger partial charge in [0.25, 0.3) is 5.91 Å². The molecule has 1 saturated heterocycles. The molecule has 5 heteroatoms. The summed E-state index contributed by atoms with van der Waals surface area (Å²) in [6, 6.07) is 6.45. The first kappa shape index (κ1) is 12.6. The van der Waals surface area contributed by atoms with Crippen LogP contribution in [-0.2, 0) is 9.47 Å². The van der Waals surface area contributed by atoms with Crippen LogP contribution in [0.25, 0.3) is 0 Å². The molecule has 0 N–H and O–H groups in total. The number of rotatable bonds is 3. The molecule has 1 heterocycles. The predicted molar refractivity (Wildman–Crippen MR) is 64.5 cm³/mol. The summed E-state index contributed by atoms with van der Waals surface area (Å²) in [6.45, 7) is 1.24. The van der Waals surface area contributed by atoms with Gasteiger partial charge in [0.05, 0.1) is 18.8 Å². The molecule has 1 aromatic rings. The van der Waals surface area contributed by atoms with Crippen molar-refractivity contribution >= 4 is 11.9 Å². The van der Waals surface area contributed by atoms with Gasteiger partial charge in [-0.1, -0.05) is 0 Å². The SMILES string of the molecule is COC(=O)c1ccc(C(=O)N2CC(OC)C2)cc1. The molecule has 1 aliphatic heterocycles. The van der Waals surface area contributed by atoms with Crippen LogP contribution in [0.1, 0.15) is 20.7 Å². The van der Waals surface area contributed by atoms with Gasteiger partial charge in [0, 0.05) is 25.8 Å². The summed E-state index contributed by atoms with van der Waals surface area (Å²) in [4.78, 5) is 24.9. The third kappa shape index (κ3) is 2.36. The number of ether oxygens (including phenoxy) is 2. The van der Waals surface area contributed by atoms with Crippen molar-refractivity contribution in [2.45, 2.75) is 6.10 Å². The first-order valence-electron chi connectivity index (χ1n) is 5.66. The van der Waals surface area contributed by atoms with E-state index in [0.29, 0.717) is 24.2 Å². The molecule has 5 nitrogen and oxygen atoms in total. The smallest absolute Gasteiger partial charge is 0.337 e. The number of amides is 1. The van der Waals surface area contributed by atoms with E-state index in [9.17, 15) is 9.59 Å². The fourth-order valence-corrected chi connectivity index (χ4v) is 1.80. The van der Waals surface area contributed by atoms with E-state index in [1.165, 1.54) is 7.11 Å². The molecule has 18 heavy (non-hydrogen) atoms. The molecule has 1 amide bonds. The second kappa shape index (κ2) is 5.18. The molecule has 0 aromatic heterocycles. The van der Waals surface area contributed by atoms with E-state index in [1.807, 2.05) is 0 Å². The Kier molecular flexibility index (Phi) is 3.62. The van der Waals surface area contributed by atoms with Crippen molar-refractivity contribution in [3.05, 3.63) is 35.4 Å². The Labute approximate surface area is 105 Å². The van der Waals surface area contributed by atoms with Crippen LogP contribution in [0.5, 0.6) is 0 Å². The number of hydrogen-bond acceptors (Lipinski definition) is 4. The van der Waals surface area contributed by atoms with Crippen LogP contribution in [0, 0.1) is 0 Å². The highest BCUT2D eigenvalue weighted by Gasteiger charge is 2.30. The lowest BCUT2D eigenvalue weighted by Gasteiger charge is -2.38. The fraction of sp³-hybridized carbons (Fsp3) is 0.385. The first-order valence-corrected chi connectivity index (χ1v) is 5.66. The van der Waals surface area contributed by atoms with Gasteiger partial charge < -0.3 is 14.4 Å². The highest BCUT2D eigenvalue weighted by Crippen LogP contribution is 2.16. The van der Waals surface area contributed by atoms with Crippen molar-refractivity contribution in [1.29, 1.82) is 0 Å². The zero-order valence-electron chi connectivity index (χ0n) is 10.4. The van der Waals surface area contributed by atoms with Crippen LogP contribution in [0.4, 0.5) is 0 Å². The molecule has 96 valence electrons. The van der Waals surface area contributed by atoms with Gasteiger partial charge in [-0.25, -0.2) is 4.79 Å². The Balaban J connectivity index is 2.02. The van der Waals surface area contributed by atoms with Gasteiger partial charge in [-0.3, -0.25) is 4.79 Å². The number of likely N-dealkylation sites (tertiary alicyclic amines) is 1. The number of nitrogens with zero attached hydrogens (tertiary/aromatic N) is 1. The number of hydrogen-bond donors (Lipinski definition) is 0. The highest BCUT2D eigenvalue weighted by molar-refractivity contribution is 5.96. The molecule has 0 unspecified atom stereocenters. The van der Waals surface area contributed by atoms with Crippen molar-refractivity contribution in [1.82, 2.24) is 4.90 Å². The number of carbonyl (C=O) groups excluding carboxylic acids is 2. The van der Waals surface area contributed by atoms with E-state index in [1.54, 1.807) is 36.3 Å². The summed E-state index contributed by atoms with van der Waals surface area (Å²) < 4.78 is 9.71. The molecule has 0 radical (unpaired) electrons. The molecule has 2 rings (SSSR count). The molecule has 0 atom stereocenters. The van der Waals surface area contributed by atoms with Gasteiger partial charge in [0.15, 0.2) is 0 Å². The van der Waals surface area contributed by atoms with E-state index in [-0.39, 0.29) is 12.0 Å². The summed E-state index contributed by atoms with van der Waals surface area (Å²) in [7, 11) is 2.96. The minimum Gasteiger partial charge on any atom is -0.465 e. The Morgan fingerprint density at radius 3 is 2.17 bits per heavy atom. The average Bonchev–Trinajstić information content (AvgIpc) is 2.36. The number of esters is 1. The zero-order valence-corrected chi connectivity index (χ0v) is 10.4. The minimum atomic E-state index is -0.405. The van der Waals surface area contributed by atoms with Crippen LogP contribution in [0.3, 0.4) is 0 Å². The van der Waals surface area contributed by atoms with Gasteiger partial charge in [0.1, 0.15) is 0 Å². The number of carbonyl (C=O) groups is 2. The Morgan fingerprint density at radius 1 is 1.11 bits per heavy atom. The topological polar surface area (TPSA) is 55.8 Å². The van der Waals surface area contributed by atoms with E-state index in [2.05, 4.69) is 4.74 Å². The lowest BCUT2D eigenvalue weighted by Crippen LogP contribution is -2.54. The van der Waals surface area contributed by atoms with Gasteiger partial charge >= 0.3 is 5.97 Å². The molecular formula is C13H15NO4. The molecule has 1 aromatic carbocycles. The third-order valence-electron chi connectivity index (χ3n) is 3.02. The summed E-state index contributed by atoms with van der Waals surface area (Å²) in [5.74, 6) is -0.447. The normalized spacial score (nSPS) is 15.1. The quantitative estimate of drug-likeness (QED) is 0.748. The molecule has 0 aliphatic carbocycles. The van der Waals surface area contributed by atoms with Crippen LogP contribution in [-0.4, -0.2) is 50.2 Å². The molecule has 0 saturated carbocycles. The van der Waals surface area contributed by atoms with Crippen molar-refractivity contribution < 1.29 is 19.1 Å². The second-order valence-electron chi connectivity index (χ2n) is 4.14. The summed E-state index contributed by atoms with van der Waals surface area (Å²) in [5, 5.41) is 0. The van der Waals surface area contributed by atoms with Gasteiger partial charge in [-0.15, -0.1) is 0 Å². The van der Waals surface area contributed by atoms with E-state index >= 15 is 0 Å². The van der Waals surface area contributed by atoms with Gasteiger partial charge in [-0.2, -0.15) is 0 Å². The summed E-state index contributed by atoms with van der Waals surface area (Å²) >= 11 is 0. The third-order valence-corrected chi connectivity index (χ3v) is 3.02. The molecule has 1 fully saturated rings. The Morgan fingerprint density at radius 2 is 1.67 bits per heavy atom. The maximum Gasteiger partial charge on any atom is 0.337 e. The summed E-state index contributed by atoms with van der Waals surface area (Å²) in [5.41, 5.74) is 1.00. The van der Waals surface area contributed by atoms with Crippen LogP contribution >= 0.6 is 0 Å². The maximum absolute atomic E-state index is 12.0. The van der Waals surface area contributed by atoms with Crippen molar-refractivity contribution in [2.75, 3.05) is 27.3 Å². The van der Waals surface area contributed by atoms with Crippen LogP contribution in [0.15, 0.2) is 24.3 Å². The lowest BCUT2D eigenvalue weighted by molar-refractivity contribution is -0.0191. The number of benzene rings is 1. The van der Waals surface area contributed by atoms with Crippen molar-refractivity contribution in [2.24, 2.45) is 0 Å².